The van der Waals surface area contributed by atoms with Crippen LogP contribution in [0.5, 0.6) is 0 Å². The number of carbonyl (C=O) groups excluding carboxylic acids is 1. The molecule has 1 aliphatic rings. The number of ether oxygens (including phenoxy) is 1. The third-order valence-electron chi connectivity index (χ3n) is 3.87. The minimum Gasteiger partial charge on any atom is -0.466 e. The average Bonchev–Trinajstić information content (AvgIpc) is 2.42. The van der Waals surface area contributed by atoms with Gasteiger partial charge in [-0.05, 0) is 60.4 Å². The van der Waals surface area contributed by atoms with Crippen LogP contribution in [-0.2, 0) is 9.53 Å². The van der Waals surface area contributed by atoms with E-state index in [1.165, 1.54) is 0 Å². The zero-order chi connectivity index (χ0) is 12.9. The highest BCUT2D eigenvalue weighted by Gasteiger charge is 2.36. The van der Waals surface area contributed by atoms with Gasteiger partial charge in [0.15, 0.2) is 0 Å². The molecule has 0 radical (unpaired) electrons. The van der Waals surface area contributed by atoms with Crippen LogP contribution in [0.25, 0.3) is 0 Å². The van der Waals surface area contributed by atoms with Gasteiger partial charge in [0.25, 0.3) is 0 Å². The molecule has 0 N–H and O–H groups in total. The lowest BCUT2D eigenvalue weighted by molar-refractivity contribution is -0.146. The van der Waals surface area contributed by atoms with E-state index < -0.39 is 0 Å². The molecule has 0 aromatic heterocycles. The summed E-state index contributed by atoms with van der Waals surface area (Å²) < 4.78 is 5.11. The highest BCUT2D eigenvalue weighted by molar-refractivity contribution is 5.70. The van der Waals surface area contributed by atoms with Crippen LogP contribution in [0.3, 0.4) is 0 Å². The van der Waals surface area contributed by atoms with E-state index in [9.17, 15) is 4.79 Å². The summed E-state index contributed by atoms with van der Waals surface area (Å²) in [5.74, 6) is -0.0641. The number of nitrogens with zero attached hydrogens (tertiary/aromatic N) is 2. The van der Waals surface area contributed by atoms with Gasteiger partial charge in [0.1, 0.15) is 0 Å². The smallest absolute Gasteiger partial charge is 0.307 e. The first-order valence-electron chi connectivity index (χ1n) is 6.52. The average molecular weight is 242 g/mol. The second-order valence-electron chi connectivity index (χ2n) is 5.26. The number of rotatable bonds is 4. The van der Waals surface area contributed by atoms with Crippen molar-refractivity contribution in [2.75, 3.05) is 40.8 Å². The Kier molecular flexibility index (Phi) is 5.40. The number of hydrogen-bond donors (Lipinski definition) is 0. The van der Waals surface area contributed by atoms with Gasteiger partial charge in [-0.25, -0.2) is 0 Å². The summed E-state index contributed by atoms with van der Waals surface area (Å²) in [4.78, 5) is 16.3. The van der Waals surface area contributed by atoms with Crippen molar-refractivity contribution in [3.63, 3.8) is 0 Å². The van der Waals surface area contributed by atoms with Gasteiger partial charge >= 0.3 is 5.97 Å². The molecule has 17 heavy (non-hydrogen) atoms. The number of likely N-dealkylation sites (tertiary alicyclic amines) is 1. The van der Waals surface area contributed by atoms with Crippen LogP contribution in [0.4, 0.5) is 0 Å². The van der Waals surface area contributed by atoms with Gasteiger partial charge in [0, 0.05) is 5.54 Å². The van der Waals surface area contributed by atoms with Crippen molar-refractivity contribution in [1.29, 1.82) is 0 Å². The van der Waals surface area contributed by atoms with Crippen molar-refractivity contribution in [3.8, 4) is 0 Å². The normalized spacial score (nSPS) is 26.9. The number of esters is 1. The van der Waals surface area contributed by atoms with Gasteiger partial charge in [-0.3, -0.25) is 4.79 Å². The predicted molar refractivity (Wildman–Crippen MR) is 69.0 cm³/mol. The first kappa shape index (κ1) is 14.5. The maximum atomic E-state index is 11.8. The summed E-state index contributed by atoms with van der Waals surface area (Å²) >= 11 is 0. The molecular weight excluding hydrogens is 216 g/mol. The fourth-order valence-corrected chi connectivity index (χ4v) is 2.58. The molecule has 1 aliphatic heterocycles. The molecule has 0 bridgehead atoms. The van der Waals surface area contributed by atoms with Crippen molar-refractivity contribution in [3.05, 3.63) is 0 Å². The van der Waals surface area contributed by atoms with E-state index in [2.05, 4.69) is 30.9 Å². The van der Waals surface area contributed by atoms with E-state index in [0.717, 1.165) is 32.4 Å². The lowest BCUT2D eigenvalue weighted by Crippen LogP contribution is -2.46. The topological polar surface area (TPSA) is 32.8 Å². The summed E-state index contributed by atoms with van der Waals surface area (Å²) in [5, 5.41) is 0. The quantitative estimate of drug-likeness (QED) is 0.697. The molecule has 1 unspecified atom stereocenters. The van der Waals surface area contributed by atoms with Crippen molar-refractivity contribution in [1.82, 2.24) is 9.80 Å². The summed E-state index contributed by atoms with van der Waals surface area (Å²) in [5.41, 5.74) is -0.0169. The van der Waals surface area contributed by atoms with Crippen LogP contribution < -0.4 is 0 Å². The van der Waals surface area contributed by atoms with Gasteiger partial charge in [0.2, 0.25) is 0 Å². The monoisotopic (exact) mass is 242 g/mol. The lowest BCUT2D eigenvalue weighted by Gasteiger charge is -2.38. The molecule has 0 aromatic carbocycles. The third kappa shape index (κ3) is 3.96. The summed E-state index contributed by atoms with van der Waals surface area (Å²) in [7, 11) is 6.30. The largest absolute Gasteiger partial charge is 0.466 e. The van der Waals surface area contributed by atoms with Crippen molar-refractivity contribution >= 4 is 5.97 Å². The first-order valence-corrected chi connectivity index (χ1v) is 6.52. The molecule has 1 saturated heterocycles. The van der Waals surface area contributed by atoms with Crippen LogP contribution in [-0.4, -0.2) is 62.1 Å². The van der Waals surface area contributed by atoms with E-state index >= 15 is 0 Å². The zero-order valence-corrected chi connectivity index (χ0v) is 11.7. The van der Waals surface area contributed by atoms with Crippen LogP contribution in [0.2, 0.25) is 0 Å². The molecule has 1 atom stereocenters. The summed E-state index contributed by atoms with van der Waals surface area (Å²) in [6.45, 7) is 4.51. The fourth-order valence-electron chi connectivity index (χ4n) is 2.58. The maximum absolute atomic E-state index is 11.8. The molecule has 0 spiro atoms. The highest BCUT2D eigenvalue weighted by Crippen LogP contribution is 2.30. The molecule has 1 rings (SSSR count). The molecule has 4 nitrogen and oxygen atoms in total. The minimum atomic E-state index is -0.0641. The number of hydrogen-bond acceptors (Lipinski definition) is 4. The van der Waals surface area contributed by atoms with Crippen LogP contribution in [0.15, 0.2) is 0 Å². The van der Waals surface area contributed by atoms with Gasteiger partial charge in [0.05, 0.1) is 13.0 Å². The second kappa shape index (κ2) is 6.36. The molecule has 0 aliphatic carbocycles. The van der Waals surface area contributed by atoms with E-state index in [1.54, 1.807) is 0 Å². The Morgan fingerprint density at radius 3 is 2.65 bits per heavy atom. The molecule has 4 heteroatoms. The molecule has 0 aromatic rings. The van der Waals surface area contributed by atoms with E-state index in [4.69, 9.17) is 4.74 Å². The second-order valence-corrected chi connectivity index (χ2v) is 5.26. The first-order chi connectivity index (χ1) is 8.00. The zero-order valence-electron chi connectivity index (χ0n) is 11.7. The highest BCUT2D eigenvalue weighted by atomic mass is 16.5. The van der Waals surface area contributed by atoms with E-state index in [0.29, 0.717) is 13.0 Å². The minimum absolute atomic E-state index is 0.0169. The SMILES string of the molecule is CCOC(=O)CC1(N(C)C)CCCN(C)CC1. The Balaban J connectivity index is 2.70. The Labute approximate surface area is 105 Å². The van der Waals surface area contributed by atoms with Crippen LogP contribution in [0, 0.1) is 0 Å². The lowest BCUT2D eigenvalue weighted by atomic mass is 9.86. The molecule has 0 amide bonds. The molecule has 0 saturated carbocycles. The van der Waals surface area contributed by atoms with Crippen molar-refractivity contribution in [2.45, 2.75) is 38.1 Å². The van der Waals surface area contributed by atoms with Gasteiger partial charge < -0.3 is 14.5 Å². The Morgan fingerprint density at radius 2 is 2.06 bits per heavy atom. The van der Waals surface area contributed by atoms with Crippen LogP contribution in [0.1, 0.15) is 32.6 Å². The molecule has 100 valence electrons. The summed E-state index contributed by atoms with van der Waals surface area (Å²) in [6, 6.07) is 0. The van der Waals surface area contributed by atoms with E-state index in [-0.39, 0.29) is 11.5 Å². The van der Waals surface area contributed by atoms with E-state index in [1.807, 2.05) is 6.92 Å². The fraction of sp³-hybridized carbons (Fsp3) is 0.923. The van der Waals surface area contributed by atoms with Crippen LogP contribution >= 0.6 is 0 Å². The van der Waals surface area contributed by atoms with Gasteiger partial charge in [-0.1, -0.05) is 0 Å². The molecule has 1 fully saturated rings. The molecule has 1 heterocycles. The van der Waals surface area contributed by atoms with Crippen molar-refractivity contribution < 1.29 is 9.53 Å². The Morgan fingerprint density at radius 1 is 1.35 bits per heavy atom. The van der Waals surface area contributed by atoms with Gasteiger partial charge in [-0.15, -0.1) is 0 Å². The predicted octanol–water partition coefficient (Wildman–Crippen LogP) is 1.36. The van der Waals surface area contributed by atoms with Crippen molar-refractivity contribution in [2.24, 2.45) is 0 Å². The standard InChI is InChI=1S/C13H26N2O2/c1-5-17-12(16)11-13(14(2)3)7-6-9-15(4)10-8-13/h5-11H2,1-4H3. The molecular formula is C13H26N2O2. The third-order valence-corrected chi connectivity index (χ3v) is 3.87. The number of carbonyl (C=O) groups is 1. The van der Waals surface area contributed by atoms with Gasteiger partial charge in [-0.2, -0.15) is 0 Å². The Bertz CT molecular complexity index is 256. The Hall–Kier alpha value is -0.610. The maximum Gasteiger partial charge on any atom is 0.307 e. The summed E-state index contributed by atoms with van der Waals surface area (Å²) in [6.07, 6.45) is 3.77.